The van der Waals surface area contributed by atoms with Crippen LogP contribution in [0.25, 0.3) is 0 Å². The topological polar surface area (TPSA) is 35.1 Å². The van der Waals surface area contributed by atoms with E-state index in [1.807, 2.05) is 4.72 Å². The highest BCUT2D eigenvalue weighted by atomic mass is 32.2. The molecule has 1 N–H and O–H groups in total. The molecule has 0 amide bonds. The van der Waals surface area contributed by atoms with Crippen molar-refractivity contribution >= 4 is 11.4 Å². The van der Waals surface area contributed by atoms with Crippen LogP contribution in [0.1, 0.15) is 46.5 Å². The molecule has 0 radical (unpaired) electrons. The molecule has 20 heavy (non-hydrogen) atoms. The van der Waals surface area contributed by atoms with Crippen molar-refractivity contribution in [1.29, 1.82) is 0 Å². The summed E-state index contributed by atoms with van der Waals surface area (Å²) in [5, 5.41) is 0. The summed E-state index contributed by atoms with van der Waals surface area (Å²) in [6.45, 7) is 4.58. The van der Waals surface area contributed by atoms with Crippen LogP contribution in [0.3, 0.4) is 0 Å². The Bertz CT molecular complexity index is 329. The molecule has 0 aromatic rings. The lowest BCUT2D eigenvalue weighted by molar-refractivity contribution is -0.175. The molecular formula is C12H20F5NOS. The lowest BCUT2D eigenvalue weighted by Crippen LogP contribution is -2.55. The van der Waals surface area contributed by atoms with Gasteiger partial charge in [0.15, 0.2) is 6.04 Å². The molecule has 0 bridgehead atoms. The van der Waals surface area contributed by atoms with Crippen molar-refractivity contribution in [2.24, 2.45) is 5.92 Å². The highest BCUT2D eigenvalue weighted by molar-refractivity contribution is 7.90. The van der Waals surface area contributed by atoms with E-state index in [2.05, 4.69) is 0 Å². The van der Waals surface area contributed by atoms with Gasteiger partial charge in [-0.05, 0) is 39.5 Å². The van der Waals surface area contributed by atoms with Crippen LogP contribution in [0.5, 0.6) is 0 Å². The lowest BCUT2D eigenvalue weighted by atomic mass is 9.82. The van der Waals surface area contributed by atoms with Gasteiger partial charge in [-0.25, -0.2) is 8.78 Å². The molecule has 120 valence electrons. The second kappa shape index (κ2) is 5.96. The normalized spacial score (nSPS) is 27.1. The van der Waals surface area contributed by atoms with Crippen molar-refractivity contribution in [2.45, 2.75) is 69.3 Å². The summed E-state index contributed by atoms with van der Waals surface area (Å²) >= 11 is -1.96. The van der Waals surface area contributed by atoms with E-state index < -0.39 is 46.6 Å². The Labute approximate surface area is 118 Å². The zero-order chi connectivity index (χ0) is 15.8. The molecule has 3 atom stereocenters. The van der Waals surface area contributed by atoms with Crippen LogP contribution in [0.4, 0.5) is 22.0 Å². The Kier molecular flexibility index (Phi) is 5.36. The molecule has 1 fully saturated rings. The number of halogens is 5. The smallest absolute Gasteiger partial charge is 0.408 e. The highest BCUT2D eigenvalue weighted by Gasteiger charge is 2.52. The maximum absolute atomic E-state index is 13.3. The summed E-state index contributed by atoms with van der Waals surface area (Å²) in [5.74, 6) is -4.32. The van der Waals surface area contributed by atoms with E-state index >= 15 is 0 Å². The van der Waals surface area contributed by atoms with Gasteiger partial charge in [0, 0.05) is 24.2 Å². The Hall–Kier alpha value is -0.0800. The number of hydrogen-bond donors (Lipinski definition) is 1. The Balaban J connectivity index is 2.85. The van der Waals surface area contributed by atoms with E-state index in [0.717, 1.165) is 0 Å². The minimum Gasteiger partial charge on any atom is -0.598 e. The zero-order valence-corrected chi connectivity index (χ0v) is 12.5. The monoisotopic (exact) mass is 321 g/mol. The van der Waals surface area contributed by atoms with Gasteiger partial charge >= 0.3 is 6.18 Å². The first-order valence-corrected chi connectivity index (χ1v) is 7.60. The second-order valence-corrected chi connectivity index (χ2v) is 8.23. The van der Waals surface area contributed by atoms with E-state index in [1.54, 1.807) is 0 Å². The first-order valence-electron chi connectivity index (χ1n) is 6.45. The Morgan fingerprint density at radius 2 is 1.80 bits per heavy atom. The molecule has 0 aliphatic heterocycles. The molecule has 0 saturated heterocycles. The second-order valence-electron chi connectivity index (χ2n) is 6.23. The molecule has 0 aromatic carbocycles. The molecular weight excluding hydrogens is 301 g/mol. The summed E-state index contributed by atoms with van der Waals surface area (Å²) < 4.78 is 78.8. The number of alkyl halides is 5. The van der Waals surface area contributed by atoms with Crippen molar-refractivity contribution in [1.82, 2.24) is 4.72 Å². The summed E-state index contributed by atoms with van der Waals surface area (Å²) in [4.78, 5) is 0. The van der Waals surface area contributed by atoms with E-state index in [0.29, 0.717) is 0 Å². The van der Waals surface area contributed by atoms with E-state index in [1.165, 1.54) is 20.8 Å². The molecule has 1 aliphatic carbocycles. The van der Waals surface area contributed by atoms with Gasteiger partial charge in [0.25, 0.3) is 0 Å². The molecule has 2 nitrogen and oxygen atoms in total. The van der Waals surface area contributed by atoms with Gasteiger partial charge in [-0.15, -0.1) is 4.72 Å². The van der Waals surface area contributed by atoms with Crippen molar-refractivity contribution < 1.29 is 26.5 Å². The van der Waals surface area contributed by atoms with Crippen LogP contribution in [0.15, 0.2) is 0 Å². The van der Waals surface area contributed by atoms with Crippen molar-refractivity contribution in [3.05, 3.63) is 0 Å². The van der Waals surface area contributed by atoms with E-state index in [4.69, 9.17) is 0 Å². The third kappa shape index (κ3) is 5.04. The van der Waals surface area contributed by atoms with Crippen LogP contribution in [0, 0.1) is 5.92 Å². The number of rotatable bonds is 3. The van der Waals surface area contributed by atoms with E-state index in [9.17, 15) is 26.5 Å². The maximum atomic E-state index is 13.3. The van der Waals surface area contributed by atoms with Crippen LogP contribution < -0.4 is 4.72 Å². The van der Waals surface area contributed by atoms with Crippen molar-refractivity contribution in [3.8, 4) is 0 Å². The molecule has 0 spiro atoms. The largest absolute Gasteiger partial charge is 0.598 e. The summed E-state index contributed by atoms with van der Waals surface area (Å²) in [7, 11) is 0. The van der Waals surface area contributed by atoms with Crippen LogP contribution in [0.2, 0.25) is 0 Å². The number of hydrogen-bond acceptors (Lipinski definition) is 2. The summed E-state index contributed by atoms with van der Waals surface area (Å²) in [6.07, 6.45) is -5.77. The fourth-order valence-corrected chi connectivity index (χ4v) is 3.13. The van der Waals surface area contributed by atoms with Gasteiger partial charge in [-0.1, -0.05) is 0 Å². The molecule has 0 aromatic heterocycles. The molecule has 1 aliphatic rings. The first kappa shape index (κ1) is 18.0. The van der Waals surface area contributed by atoms with Crippen LogP contribution in [-0.2, 0) is 11.4 Å². The molecule has 1 saturated carbocycles. The lowest BCUT2D eigenvalue weighted by Gasteiger charge is -2.37. The predicted molar refractivity (Wildman–Crippen MR) is 67.8 cm³/mol. The fraction of sp³-hybridized carbons (Fsp3) is 1.00. The van der Waals surface area contributed by atoms with E-state index in [-0.39, 0.29) is 19.3 Å². The van der Waals surface area contributed by atoms with Gasteiger partial charge in [-0.3, -0.25) is 0 Å². The quantitative estimate of drug-likeness (QED) is 0.634. The standard InChI is InChI=1S/C12H20F5NOS/c1-10(2,3)20(19)18-9(12(15,16)17)8-5-4-6-11(13,14)7-8/h8-9,18H,4-7H2,1-3H3. The summed E-state index contributed by atoms with van der Waals surface area (Å²) in [6, 6.07) is -2.16. The molecule has 8 heteroatoms. The van der Waals surface area contributed by atoms with Crippen LogP contribution in [-0.4, -0.2) is 27.4 Å². The molecule has 3 unspecified atom stereocenters. The Morgan fingerprint density at radius 3 is 2.20 bits per heavy atom. The minimum absolute atomic E-state index is 0.0497. The van der Waals surface area contributed by atoms with Crippen LogP contribution >= 0.6 is 0 Å². The first-order chi connectivity index (χ1) is 8.83. The van der Waals surface area contributed by atoms with Gasteiger partial charge in [0.1, 0.15) is 4.75 Å². The van der Waals surface area contributed by atoms with Gasteiger partial charge in [0.2, 0.25) is 5.92 Å². The third-order valence-electron chi connectivity index (χ3n) is 3.29. The molecule has 0 heterocycles. The fourth-order valence-electron chi connectivity index (χ4n) is 2.22. The summed E-state index contributed by atoms with van der Waals surface area (Å²) in [5.41, 5.74) is 0. The maximum Gasteiger partial charge on any atom is 0.408 e. The average Bonchev–Trinajstić information content (AvgIpc) is 2.20. The van der Waals surface area contributed by atoms with Gasteiger partial charge in [0.05, 0.1) is 0 Å². The van der Waals surface area contributed by atoms with Gasteiger partial charge < -0.3 is 4.55 Å². The third-order valence-corrected chi connectivity index (χ3v) is 4.87. The van der Waals surface area contributed by atoms with Crippen molar-refractivity contribution in [2.75, 3.05) is 0 Å². The highest BCUT2D eigenvalue weighted by Crippen LogP contribution is 2.42. The zero-order valence-electron chi connectivity index (χ0n) is 11.7. The minimum atomic E-state index is -4.70. The predicted octanol–water partition coefficient (Wildman–Crippen LogP) is 3.79. The van der Waals surface area contributed by atoms with Crippen molar-refractivity contribution in [3.63, 3.8) is 0 Å². The number of nitrogens with one attached hydrogen (secondary N) is 1. The average molecular weight is 321 g/mol. The van der Waals surface area contributed by atoms with Gasteiger partial charge in [-0.2, -0.15) is 13.2 Å². The Morgan fingerprint density at radius 1 is 1.25 bits per heavy atom. The molecule has 1 rings (SSSR count). The SMILES string of the molecule is CC(C)(C)[S+]([O-])NC(C1CCCC(F)(F)C1)C(F)(F)F.